The van der Waals surface area contributed by atoms with E-state index in [2.05, 4.69) is 6.07 Å². The van der Waals surface area contributed by atoms with Gasteiger partial charge in [-0.2, -0.15) is 5.26 Å². The van der Waals surface area contributed by atoms with Crippen molar-refractivity contribution in [1.82, 2.24) is 0 Å². The van der Waals surface area contributed by atoms with E-state index in [1.54, 1.807) is 23.5 Å². The average Bonchev–Trinajstić information content (AvgIpc) is 2.76. The summed E-state index contributed by atoms with van der Waals surface area (Å²) in [7, 11) is 0. The van der Waals surface area contributed by atoms with Crippen LogP contribution in [0.2, 0.25) is 0 Å². The van der Waals surface area contributed by atoms with Crippen LogP contribution in [0, 0.1) is 39.0 Å². The summed E-state index contributed by atoms with van der Waals surface area (Å²) in [6.45, 7) is 7.72. The molecule has 2 aromatic rings. The molecule has 21 heavy (non-hydrogen) atoms. The Morgan fingerprint density at radius 2 is 1.81 bits per heavy atom. The van der Waals surface area contributed by atoms with Gasteiger partial charge >= 0.3 is 0 Å². The van der Waals surface area contributed by atoms with Gasteiger partial charge in [-0.05, 0) is 57.0 Å². The molecule has 2 rings (SSSR count). The van der Waals surface area contributed by atoms with E-state index in [1.807, 2.05) is 33.8 Å². The molecule has 1 aromatic carbocycles. The van der Waals surface area contributed by atoms with Gasteiger partial charge in [0.25, 0.3) is 0 Å². The molecule has 0 aliphatic carbocycles. The molecule has 4 heteroatoms. The summed E-state index contributed by atoms with van der Waals surface area (Å²) in [5.74, 6) is 0.673. The lowest BCUT2D eigenvalue weighted by molar-refractivity contribution is 0.0920. The summed E-state index contributed by atoms with van der Waals surface area (Å²) in [6.07, 6.45) is 0. The number of carbonyl (C=O) groups is 1. The van der Waals surface area contributed by atoms with Crippen LogP contribution >= 0.6 is 11.3 Å². The third-order valence-electron chi connectivity index (χ3n) is 3.28. The second-order valence-electron chi connectivity index (χ2n) is 5.09. The van der Waals surface area contributed by atoms with Crippen molar-refractivity contribution in [3.8, 4) is 11.8 Å². The number of Topliss-reactive ketones (excluding diaryl/α,β-unsaturated/α-hetero) is 1. The van der Waals surface area contributed by atoms with Crippen molar-refractivity contribution in [3.63, 3.8) is 0 Å². The Morgan fingerprint density at radius 1 is 1.19 bits per heavy atom. The summed E-state index contributed by atoms with van der Waals surface area (Å²) in [5.41, 5.74) is 3.09. The van der Waals surface area contributed by atoms with E-state index in [0.717, 1.165) is 26.4 Å². The highest BCUT2D eigenvalue weighted by molar-refractivity contribution is 7.12. The Labute approximate surface area is 128 Å². The zero-order valence-corrected chi connectivity index (χ0v) is 13.4. The number of ether oxygens (including phenoxy) is 1. The first-order valence-electron chi connectivity index (χ1n) is 6.66. The molecule has 0 radical (unpaired) electrons. The molecule has 1 aromatic heterocycles. The van der Waals surface area contributed by atoms with Gasteiger partial charge in [0.15, 0.2) is 6.61 Å². The SMILES string of the molecule is Cc1cc(C(=O)COc2c(C)cc(C#N)cc2C)c(C)s1. The number of rotatable bonds is 4. The molecular weight excluding hydrogens is 282 g/mol. The quantitative estimate of drug-likeness (QED) is 0.798. The third kappa shape index (κ3) is 3.32. The van der Waals surface area contributed by atoms with Crippen molar-refractivity contribution in [2.45, 2.75) is 27.7 Å². The van der Waals surface area contributed by atoms with E-state index in [4.69, 9.17) is 10.00 Å². The minimum absolute atomic E-state index is 0.0139. The number of carbonyl (C=O) groups excluding carboxylic acids is 1. The van der Waals surface area contributed by atoms with Crippen LogP contribution in [-0.2, 0) is 0 Å². The first kappa shape index (κ1) is 15.3. The van der Waals surface area contributed by atoms with E-state index >= 15 is 0 Å². The summed E-state index contributed by atoms with van der Waals surface area (Å²) < 4.78 is 5.69. The van der Waals surface area contributed by atoms with Crippen molar-refractivity contribution in [2.24, 2.45) is 0 Å². The monoisotopic (exact) mass is 299 g/mol. The van der Waals surface area contributed by atoms with Crippen LogP contribution in [0.3, 0.4) is 0 Å². The van der Waals surface area contributed by atoms with Gasteiger partial charge in [-0.3, -0.25) is 4.79 Å². The van der Waals surface area contributed by atoms with E-state index < -0.39 is 0 Å². The molecule has 0 bridgehead atoms. The number of nitriles is 1. The van der Waals surface area contributed by atoms with Crippen molar-refractivity contribution < 1.29 is 9.53 Å². The lowest BCUT2D eigenvalue weighted by Crippen LogP contribution is -2.13. The molecule has 1 heterocycles. The standard InChI is InChI=1S/C17H17NO2S/c1-10-5-14(8-18)6-11(2)17(10)20-9-16(19)15-7-12(3)21-13(15)4/h5-7H,9H2,1-4H3. The highest BCUT2D eigenvalue weighted by Gasteiger charge is 2.14. The van der Waals surface area contributed by atoms with Gasteiger partial charge in [0.1, 0.15) is 5.75 Å². The number of benzene rings is 1. The van der Waals surface area contributed by atoms with Gasteiger partial charge in [0.05, 0.1) is 11.6 Å². The maximum atomic E-state index is 12.2. The van der Waals surface area contributed by atoms with Gasteiger partial charge in [0.2, 0.25) is 5.78 Å². The highest BCUT2D eigenvalue weighted by atomic mass is 32.1. The minimum Gasteiger partial charge on any atom is -0.485 e. The molecule has 3 nitrogen and oxygen atoms in total. The first-order chi connectivity index (χ1) is 9.92. The van der Waals surface area contributed by atoms with E-state index in [1.165, 1.54) is 0 Å². The Balaban J connectivity index is 2.16. The van der Waals surface area contributed by atoms with Gasteiger partial charge in [-0.1, -0.05) is 0 Å². The number of hydrogen-bond acceptors (Lipinski definition) is 4. The summed E-state index contributed by atoms with van der Waals surface area (Å²) in [4.78, 5) is 14.4. The molecule has 0 atom stereocenters. The van der Waals surface area contributed by atoms with Crippen LogP contribution < -0.4 is 4.74 Å². The highest BCUT2D eigenvalue weighted by Crippen LogP contribution is 2.26. The van der Waals surface area contributed by atoms with Crippen LogP contribution in [0.4, 0.5) is 0 Å². The third-order valence-corrected chi connectivity index (χ3v) is 4.24. The molecule has 0 unspecified atom stereocenters. The smallest absolute Gasteiger partial charge is 0.201 e. The van der Waals surface area contributed by atoms with Crippen molar-refractivity contribution >= 4 is 17.1 Å². The number of thiophene rings is 1. The second kappa shape index (κ2) is 6.11. The lowest BCUT2D eigenvalue weighted by Gasteiger charge is -2.12. The molecule has 0 saturated carbocycles. The molecule has 108 valence electrons. The molecule has 0 N–H and O–H groups in total. The summed E-state index contributed by atoms with van der Waals surface area (Å²) in [5, 5.41) is 8.93. The lowest BCUT2D eigenvalue weighted by atomic mass is 10.1. The summed E-state index contributed by atoms with van der Waals surface area (Å²) in [6, 6.07) is 7.56. The van der Waals surface area contributed by atoms with Crippen molar-refractivity contribution in [2.75, 3.05) is 6.61 Å². The van der Waals surface area contributed by atoms with Crippen molar-refractivity contribution in [1.29, 1.82) is 5.26 Å². The van der Waals surface area contributed by atoms with Gasteiger partial charge < -0.3 is 4.74 Å². The predicted octanol–water partition coefficient (Wildman–Crippen LogP) is 4.12. The van der Waals surface area contributed by atoms with Crippen LogP contribution in [0.25, 0.3) is 0 Å². The first-order valence-corrected chi connectivity index (χ1v) is 7.48. The van der Waals surface area contributed by atoms with Crippen molar-refractivity contribution in [3.05, 3.63) is 50.2 Å². The number of hydrogen-bond donors (Lipinski definition) is 0. The minimum atomic E-state index is -0.0139. The normalized spacial score (nSPS) is 10.2. The van der Waals surface area contributed by atoms with Crippen LogP contribution in [-0.4, -0.2) is 12.4 Å². The Hall–Kier alpha value is -2.12. The summed E-state index contributed by atoms with van der Waals surface area (Å²) >= 11 is 1.62. The molecule has 0 saturated heterocycles. The van der Waals surface area contributed by atoms with Crippen LogP contribution in [0.1, 0.15) is 36.8 Å². The molecular formula is C17H17NO2S. The fourth-order valence-corrected chi connectivity index (χ4v) is 3.31. The molecule has 0 aliphatic rings. The van der Waals surface area contributed by atoms with Crippen LogP contribution in [0.5, 0.6) is 5.75 Å². The maximum Gasteiger partial charge on any atom is 0.201 e. The van der Waals surface area contributed by atoms with E-state index in [-0.39, 0.29) is 12.4 Å². The Morgan fingerprint density at radius 3 is 2.29 bits per heavy atom. The molecule has 0 amide bonds. The fraction of sp³-hybridized carbons (Fsp3) is 0.294. The van der Waals surface area contributed by atoms with Gasteiger partial charge in [-0.25, -0.2) is 0 Å². The predicted molar refractivity (Wildman–Crippen MR) is 84.2 cm³/mol. The second-order valence-corrected chi connectivity index (χ2v) is 6.55. The fourth-order valence-electron chi connectivity index (χ4n) is 2.37. The number of aryl methyl sites for hydroxylation is 4. The van der Waals surface area contributed by atoms with E-state index in [0.29, 0.717) is 11.3 Å². The average molecular weight is 299 g/mol. The topological polar surface area (TPSA) is 50.1 Å². The molecule has 0 fully saturated rings. The molecule has 0 aliphatic heterocycles. The van der Waals surface area contributed by atoms with Crippen LogP contribution in [0.15, 0.2) is 18.2 Å². The zero-order valence-electron chi connectivity index (χ0n) is 12.6. The maximum absolute atomic E-state index is 12.2. The van der Waals surface area contributed by atoms with Gasteiger partial charge in [0, 0.05) is 15.3 Å². The zero-order chi connectivity index (χ0) is 15.6. The Kier molecular flexibility index (Phi) is 4.44. The van der Waals surface area contributed by atoms with E-state index in [9.17, 15) is 4.79 Å². The number of nitrogens with zero attached hydrogens (tertiary/aromatic N) is 1. The Bertz CT molecular complexity index is 715. The number of ketones is 1. The van der Waals surface area contributed by atoms with Gasteiger partial charge in [-0.15, -0.1) is 11.3 Å². The largest absolute Gasteiger partial charge is 0.485 e. The molecule has 0 spiro atoms.